The molecule has 0 radical (unpaired) electrons. The molecule has 0 atom stereocenters. The zero-order valence-electron chi connectivity index (χ0n) is 16.9. The fraction of sp³-hybridized carbons (Fsp3) is 0.318. The van der Waals surface area contributed by atoms with E-state index in [-0.39, 0.29) is 37.0 Å². The Kier molecular flexibility index (Phi) is 8.21. The molecule has 1 N–H and O–H groups in total. The van der Waals surface area contributed by atoms with Gasteiger partial charge in [0, 0.05) is 37.2 Å². The van der Waals surface area contributed by atoms with Crippen LogP contribution >= 0.6 is 0 Å². The highest BCUT2D eigenvalue weighted by atomic mass is 16.5. The van der Waals surface area contributed by atoms with E-state index in [1.165, 1.54) is 11.9 Å². The van der Waals surface area contributed by atoms with Crippen LogP contribution in [0.15, 0.2) is 48.5 Å². The van der Waals surface area contributed by atoms with Crippen molar-refractivity contribution < 1.29 is 23.9 Å². The van der Waals surface area contributed by atoms with Crippen LogP contribution in [-0.2, 0) is 9.59 Å². The van der Waals surface area contributed by atoms with E-state index in [0.717, 1.165) is 0 Å². The van der Waals surface area contributed by atoms with Crippen molar-refractivity contribution in [2.75, 3.05) is 32.6 Å². The molecule has 154 valence electrons. The highest BCUT2D eigenvalue weighted by Crippen LogP contribution is 2.17. The fourth-order valence-corrected chi connectivity index (χ4v) is 2.66. The van der Waals surface area contributed by atoms with Gasteiger partial charge in [-0.2, -0.15) is 0 Å². The maximum absolute atomic E-state index is 12.3. The summed E-state index contributed by atoms with van der Waals surface area (Å²) < 4.78 is 10.5. The van der Waals surface area contributed by atoms with Gasteiger partial charge in [-0.3, -0.25) is 14.4 Å². The molecule has 0 aliphatic carbocycles. The lowest BCUT2D eigenvalue weighted by molar-refractivity contribution is -0.133. The first-order chi connectivity index (χ1) is 13.9. The van der Waals surface area contributed by atoms with Crippen molar-refractivity contribution in [3.8, 4) is 11.5 Å². The number of Topliss-reactive ketones (excluding diaryl/α,β-unsaturated/α-hetero) is 1. The maximum Gasteiger partial charge on any atom is 0.243 e. The summed E-state index contributed by atoms with van der Waals surface area (Å²) >= 11 is 0. The summed E-state index contributed by atoms with van der Waals surface area (Å²) in [5.74, 6) is 0.592. The van der Waals surface area contributed by atoms with E-state index in [2.05, 4.69) is 5.32 Å². The van der Waals surface area contributed by atoms with Crippen LogP contribution in [0.5, 0.6) is 11.5 Å². The smallest absolute Gasteiger partial charge is 0.243 e. The SMILES string of the molecule is CCOc1ccc(C(=O)CCC(=O)N(C)CC(=O)Nc2cccc(OC)c2)cc1. The van der Waals surface area contributed by atoms with Crippen LogP contribution in [0.25, 0.3) is 0 Å². The van der Waals surface area contributed by atoms with Crippen LogP contribution in [0.1, 0.15) is 30.1 Å². The Morgan fingerprint density at radius 3 is 2.38 bits per heavy atom. The van der Waals surface area contributed by atoms with Crippen LogP contribution in [0, 0.1) is 0 Å². The van der Waals surface area contributed by atoms with Crippen molar-refractivity contribution in [1.82, 2.24) is 4.90 Å². The molecule has 0 saturated heterocycles. The number of hydrogen-bond donors (Lipinski definition) is 1. The Hall–Kier alpha value is -3.35. The van der Waals surface area contributed by atoms with Gasteiger partial charge >= 0.3 is 0 Å². The average Bonchev–Trinajstić information content (AvgIpc) is 2.72. The summed E-state index contributed by atoms with van der Waals surface area (Å²) in [6.07, 6.45) is 0.115. The van der Waals surface area contributed by atoms with Gasteiger partial charge in [-0.1, -0.05) is 6.07 Å². The number of nitrogens with one attached hydrogen (secondary N) is 1. The minimum atomic E-state index is -0.327. The first kappa shape index (κ1) is 21.9. The summed E-state index contributed by atoms with van der Waals surface area (Å²) in [4.78, 5) is 38.0. The number of rotatable bonds is 10. The van der Waals surface area contributed by atoms with Gasteiger partial charge in [0.15, 0.2) is 5.78 Å². The lowest BCUT2D eigenvalue weighted by atomic mass is 10.1. The molecule has 2 aromatic carbocycles. The minimum Gasteiger partial charge on any atom is -0.497 e. The summed E-state index contributed by atoms with van der Waals surface area (Å²) in [5, 5.41) is 2.72. The Morgan fingerprint density at radius 1 is 1.00 bits per heavy atom. The number of methoxy groups -OCH3 is 1. The number of likely N-dealkylation sites (N-methyl/N-ethyl adjacent to an activating group) is 1. The molecule has 0 spiro atoms. The number of anilines is 1. The maximum atomic E-state index is 12.3. The van der Waals surface area contributed by atoms with E-state index >= 15 is 0 Å². The third-order valence-electron chi connectivity index (χ3n) is 4.21. The molecule has 2 rings (SSSR count). The van der Waals surface area contributed by atoms with E-state index in [0.29, 0.717) is 29.4 Å². The second kappa shape index (κ2) is 10.8. The Bertz CT molecular complexity index is 849. The van der Waals surface area contributed by atoms with Gasteiger partial charge in [0.2, 0.25) is 11.8 Å². The second-order valence-corrected chi connectivity index (χ2v) is 6.41. The summed E-state index contributed by atoms with van der Waals surface area (Å²) in [5.41, 5.74) is 1.11. The molecule has 0 unspecified atom stereocenters. The van der Waals surface area contributed by atoms with Gasteiger partial charge in [-0.15, -0.1) is 0 Å². The normalized spacial score (nSPS) is 10.2. The van der Waals surface area contributed by atoms with Crippen molar-refractivity contribution >= 4 is 23.3 Å². The summed E-state index contributed by atoms with van der Waals surface area (Å²) in [7, 11) is 3.08. The van der Waals surface area contributed by atoms with Crippen LogP contribution in [0.3, 0.4) is 0 Å². The van der Waals surface area contributed by atoms with Crippen molar-refractivity contribution in [1.29, 1.82) is 0 Å². The number of nitrogens with zero attached hydrogens (tertiary/aromatic N) is 1. The Morgan fingerprint density at radius 2 is 1.72 bits per heavy atom. The largest absolute Gasteiger partial charge is 0.497 e. The topological polar surface area (TPSA) is 84.9 Å². The van der Waals surface area contributed by atoms with E-state index in [4.69, 9.17) is 9.47 Å². The molecule has 0 aliphatic heterocycles. The first-order valence-electron chi connectivity index (χ1n) is 9.37. The van der Waals surface area contributed by atoms with E-state index in [1.807, 2.05) is 6.92 Å². The summed E-state index contributed by atoms with van der Waals surface area (Å²) in [6, 6.07) is 13.8. The van der Waals surface area contributed by atoms with Gasteiger partial charge in [-0.25, -0.2) is 0 Å². The highest BCUT2D eigenvalue weighted by Gasteiger charge is 2.15. The Balaban J connectivity index is 1.80. The van der Waals surface area contributed by atoms with Crippen molar-refractivity contribution in [3.05, 3.63) is 54.1 Å². The zero-order chi connectivity index (χ0) is 21.2. The number of ether oxygens (including phenoxy) is 2. The molecule has 2 aromatic rings. The first-order valence-corrected chi connectivity index (χ1v) is 9.37. The monoisotopic (exact) mass is 398 g/mol. The number of ketones is 1. The van der Waals surface area contributed by atoms with Crippen LogP contribution in [-0.4, -0.2) is 49.8 Å². The minimum absolute atomic E-state index is 0.0367. The van der Waals surface area contributed by atoms with Gasteiger partial charge in [0.25, 0.3) is 0 Å². The predicted molar refractivity (Wildman–Crippen MR) is 110 cm³/mol. The molecule has 0 heterocycles. The number of carbonyl (C=O) groups is 3. The number of benzene rings is 2. The van der Waals surface area contributed by atoms with Crippen LogP contribution < -0.4 is 14.8 Å². The molecule has 0 aromatic heterocycles. The van der Waals surface area contributed by atoms with E-state index in [9.17, 15) is 14.4 Å². The van der Waals surface area contributed by atoms with Crippen molar-refractivity contribution in [2.24, 2.45) is 0 Å². The summed E-state index contributed by atoms with van der Waals surface area (Å²) in [6.45, 7) is 2.34. The third-order valence-corrected chi connectivity index (χ3v) is 4.21. The molecule has 0 saturated carbocycles. The van der Waals surface area contributed by atoms with Gasteiger partial charge in [0.05, 0.1) is 20.3 Å². The standard InChI is InChI=1S/C22H26N2O5/c1-4-29-18-10-8-16(9-11-18)20(25)12-13-22(27)24(2)15-21(26)23-17-6-5-7-19(14-17)28-3/h5-11,14H,4,12-13,15H2,1-3H3,(H,23,26). The fourth-order valence-electron chi connectivity index (χ4n) is 2.66. The average molecular weight is 398 g/mol. The van der Waals surface area contributed by atoms with Crippen molar-refractivity contribution in [2.45, 2.75) is 19.8 Å². The lowest BCUT2D eigenvalue weighted by Gasteiger charge is -2.17. The van der Waals surface area contributed by atoms with Crippen LogP contribution in [0.2, 0.25) is 0 Å². The molecular formula is C22H26N2O5. The zero-order valence-corrected chi connectivity index (χ0v) is 16.9. The molecule has 7 nitrogen and oxygen atoms in total. The quantitative estimate of drug-likeness (QED) is 0.622. The molecule has 7 heteroatoms. The lowest BCUT2D eigenvalue weighted by Crippen LogP contribution is -2.35. The van der Waals surface area contributed by atoms with Gasteiger partial charge in [-0.05, 0) is 43.3 Å². The third kappa shape index (κ3) is 6.95. The highest BCUT2D eigenvalue weighted by molar-refractivity contribution is 5.99. The second-order valence-electron chi connectivity index (χ2n) is 6.41. The number of amides is 2. The predicted octanol–water partition coefficient (Wildman–Crippen LogP) is 3.15. The van der Waals surface area contributed by atoms with Gasteiger partial charge in [0.1, 0.15) is 11.5 Å². The molecule has 0 bridgehead atoms. The number of hydrogen-bond acceptors (Lipinski definition) is 5. The Labute approximate surface area is 170 Å². The van der Waals surface area contributed by atoms with Gasteiger partial charge < -0.3 is 19.7 Å². The molecule has 2 amide bonds. The molecular weight excluding hydrogens is 372 g/mol. The molecule has 0 aliphatic rings. The molecule has 0 fully saturated rings. The number of carbonyl (C=O) groups excluding carboxylic acids is 3. The van der Waals surface area contributed by atoms with E-state index in [1.54, 1.807) is 55.6 Å². The van der Waals surface area contributed by atoms with Crippen LogP contribution in [0.4, 0.5) is 5.69 Å². The van der Waals surface area contributed by atoms with E-state index < -0.39 is 0 Å². The van der Waals surface area contributed by atoms with Crippen molar-refractivity contribution in [3.63, 3.8) is 0 Å². The molecule has 29 heavy (non-hydrogen) atoms.